The lowest BCUT2D eigenvalue weighted by Gasteiger charge is -2.10. The minimum absolute atomic E-state index is 0.0277. The monoisotopic (exact) mass is 431 g/mol. The summed E-state index contributed by atoms with van der Waals surface area (Å²) in [6.45, 7) is 1.52. The number of nitrogens with one attached hydrogen (secondary N) is 1. The summed E-state index contributed by atoms with van der Waals surface area (Å²) in [7, 11) is 0. The summed E-state index contributed by atoms with van der Waals surface area (Å²) in [5, 5.41) is 3.70. The molecule has 1 heterocycles. The van der Waals surface area contributed by atoms with Gasteiger partial charge in [0.1, 0.15) is 5.82 Å². The van der Waals surface area contributed by atoms with Gasteiger partial charge in [-0.05, 0) is 48.2 Å². The number of rotatable bonds is 9. The summed E-state index contributed by atoms with van der Waals surface area (Å²) >= 11 is 5.90. The molecule has 0 spiro atoms. The number of imidazole rings is 1. The average Bonchev–Trinajstić information content (AvgIpc) is 3.15. The molecule has 1 N–H and O–H groups in total. The first-order valence-electron chi connectivity index (χ1n) is 10.7. The van der Waals surface area contributed by atoms with Crippen LogP contribution in [0.2, 0.25) is 5.02 Å². The number of carbonyl (C=O) groups excluding carboxylic acids is 1. The highest BCUT2D eigenvalue weighted by Crippen LogP contribution is 2.18. The van der Waals surface area contributed by atoms with Crippen LogP contribution in [0.15, 0.2) is 78.9 Å². The van der Waals surface area contributed by atoms with Gasteiger partial charge in [-0.3, -0.25) is 4.79 Å². The highest BCUT2D eigenvalue weighted by Gasteiger charge is 2.11. The van der Waals surface area contributed by atoms with E-state index in [0.717, 1.165) is 42.7 Å². The van der Waals surface area contributed by atoms with Crippen molar-refractivity contribution in [3.8, 4) is 0 Å². The van der Waals surface area contributed by atoms with Crippen LogP contribution in [0.1, 0.15) is 23.4 Å². The van der Waals surface area contributed by atoms with Crippen molar-refractivity contribution in [3.05, 3.63) is 101 Å². The number of aromatic nitrogens is 2. The van der Waals surface area contributed by atoms with E-state index in [1.807, 2.05) is 36.4 Å². The molecule has 31 heavy (non-hydrogen) atoms. The average molecular weight is 432 g/mol. The lowest BCUT2D eigenvalue weighted by Crippen LogP contribution is -2.26. The van der Waals surface area contributed by atoms with E-state index in [2.05, 4.69) is 52.3 Å². The lowest BCUT2D eigenvalue weighted by molar-refractivity contribution is -0.120. The summed E-state index contributed by atoms with van der Waals surface area (Å²) in [5.41, 5.74) is 4.47. The number of hydrogen-bond acceptors (Lipinski definition) is 2. The van der Waals surface area contributed by atoms with E-state index in [9.17, 15) is 4.79 Å². The second kappa shape index (κ2) is 10.3. The third-order valence-corrected chi connectivity index (χ3v) is 5.63. The summed E-state index contributed by atoms with van der Waals surface area (Å²) in [6.07, 6.45) is 3.00. The van der Waals surface area contributed by atoms with E-state index in [-0.39, 0.29) is 5.91 Å². The number of nitrogens with zero attached hydrogens (tertiary/aromatic N) is 2. The zero-order chi connectivity index (χ0) is 21.5. The van der Waals surface area contributed by atoms with E-state index in [4.69, 9.17) is 16.6 Å². The van der Waals surface area contributed by atoms with Gasteiger partial charge < -0.3 is 9.88 Å². The van der Waals surface area contributed by atoms with E-state index in [0.29, 0.717) is 18.0 Å². The Morgan fingerprint density at radius 3 is 2.42 bits per heavy atom. The van der Waals surface area contributed by atoms with Crippen LogP contribution in [-0.2, 0) is 30.6 Å². The van der Waals surface area contributed by atoms with Crippen molar-refractivity contribution in [3.63, 3.8) is 0 Å². The van der Waals surface area contributed by atoms with Crippen molar-refractivity contribution in [2.24, 2.45) is 0 Å². The van der Waals surface area contributed by atoms with Crippen molar-refractivity contribution in [2.45, 2.75) is 32.2 Å². The minimum atomic E-state index is 0.0277. The number of para-hydroxylation sites is 2. The molecule has 0 saturated heterocycles. The molecule has 4 nitrogen and oxygen atoms in total. The van der Waals surface area contributed by atoms with Gasteiger partial charge in [0.2, 0.25) is 5.91 Å². The molecular formula is C26H26ClN3O. The summed E-state index contributed by atoms with van der Waals surface area (Å²) in [6, 6.07) is 26.2. The molecule has 0 unspecified atom stereocenters. The van der Waals surface area contributed by atoms with Gasteiger partial charge >= 0.3 is 0 Å². The van der Waals surface area contributed by atoms with Crippen molar-refractivity contribution < 1.29 is 4.79 Å². The molecule has 158 valence electrons. The van der Waals surface area contributed by atoms with E-state index < -0.39 is 0 Å². The Bertz CT molecular complexity index is 1140. The van der Waals surface area contributed by atoms with Crippen LogP contribution in [0.3, 0.4) is 0 Å². The molecule has 1 aromatic heterocycles. The quantitative estimate of drug-likeness (QED) is 0.369. The maximum Gasteiger partial charge on any atom is 0.224 e. The highest BCUT2D eigenvalue weighted by atomic mass is 35.5. The Kier molecular flexibility index (Phi) is 7.00. The second-order valence-electron chi connectivity index (χ2n) is 7.66. The molecule has 0 aliphatic carbocycles. The summed E-state index contributed by atoms with van der Waals surface area (Å²) < 4.78 is 2.32. The van der Waals surface area contributed by atoms with E-state index >= 15 is 0 Å². The molecule has 0 aliphatic rings. The molecule has 0 saturated carbocycles. The number of hydrogen-bond donors (Lipinski definition) is 1. The van der Waals surface area contributed by atoms with Gasteiger partial charge in [-0.15, -0.1) is 0 Å². The van der Waals surface area contributed by atoms with Crippen molar-refractivity contribution in [2.75, 3.05) is 6.54 Å². The lowest BCUT2D eigenvalue weighted by atomic mass is 10.1. The Labute approximate surface area is 187 Å². The molecule has 0 bridgehead atoms. The first-order valence-corrected chi connectivity index (χ1v) is 11.1. The van der Waals surface area contributed by atoms with E-state index in [1.54, 1.807) is 0 Å². The molecule has 0 atom stereocenters. The smallest absolute Gasteiger partial charge is 0.224 e. The Morgan fingerprint density at radius 2 is 1.61 bits per heavy atom. The van der Waals surface area contributed by atoms with Gasteiger partial charge in [0.05, 0.1) is 17.5 Å². The maximum absolute atomic E-state index is 12.2. The summed E-state index contributed by atoms with van der Waals surface area (Å²) in [5.74, 6) is 1.10. The third kappa shape index (κ3) is 5.74. The van der Waals surface area contributed by atoms with Crippen molar-refractivity contribution in [1.29, 1.82) is 0 Å². The fourth-order valence-electron chi connectivity index (χ4n) is 3.78. The highest BCUT2D eigenvalue weighted by molar-refractivity contribution is 6.30. The van der Waals surface area contributed by atoms with Gasteiger partial charge in [-0.2, -0.15) is 0 Å². The first-order chi connectivity index (χ1) is 15.2. The maximum atomic E-state index is 12.2. The number of benzene rings is 3. The normalized spacial score (nSPS) is 11.0. The Morgan fingerprint density at radius 1 is 0.871 bits per heavy atom. The van der Waals surface area contributed by atoms with Crippen LogP contribution in [0.25, 0.3) is 11.0 Å². The zero-order valence-corrected chi connectivity index (χ0v) is 18.2. The summed E-state index contributed by atoms with van der Waals surface area (Å²) in [4.78, 5) is 17.1. The molecule has 5 heteroatoms. The largest absolute Gasteiger partial charge is 0.356 e. The molecular weight excluding hydrogens is 406 g/mol. The van der Waals surface area contributed by atoms with Crippen LogP contribution in [-0.4, -0.2) is 22.0 Å². The van der Waals surface area contributed by atoms with Gasteiger partial charge in [0, 0.05) is 24.5 Å². The number of aryl methyl sites for hydroxylation is 3. The van der Waals surface area contributed by atoms with Crippen LogP contribution in [0.5, 0.6) is 0 Å². The molecule has 0 fully saturated rings. The van der Waals surface area contributed by atoms with Crippen LogP contribution < -0.4 is 5.32 Å². The zero-order valence-electron chi connectivity index (χ0n) is 17.4. The predicted octanol–water partition coefficient (Wildman–Crippen LogP) is 5.22. The number of halogens is 1. The van der Waals surface area contributed by atoms with Crippen LogP contribution in [0.4, 0.5) is 0 Å². The van der Waals surface area contributed by atoms with Crippen LogP contribution in [0, 0.1) is 0 Å². The molecule has 1 amide bonds. The first kappa shape index (κ1) is 21.1. The molecule has 3 aromatic carbocycles. The second-order valence-corrected chi connectivity index (χ2v) is 8.10. The van der Waals surface area contributed by atoms with Crippen molar-refractivity contribution >= 4 is 28.5 Å². The molecule has 4 rings (SSSR count). The van der Waals surface area contributed by atoms with Gasteiger partial charge in [0.15, 0.2) is 0 Å². The van der Waals surface area contributed by atoms with Crippen LogP contribution >= 0.6 is 11.6 Å². The number of fused-ring (bicyclic) bond motifs is 1. The molecule has 0 radical (unpaired) electrons. The fourth-order valence-corrected chi connectivity index (χ4v) is 3.90. The van der Waals surface area contributed by atoms with Crippen molar-refractivity contribution in [1.82, 2.24) is 14.9 Å². The van der Waals surface area contributed by atoms with Gasteiger partial charge in [-0.25, -0.2) is 4.98 Å². The topological polar surface area (TPSA) is 46.9 Å². The molecule has 4 aromatic rings. The standard InChI is InChI=1S/C26H26ClN3O/c27-22-14-12-21(13-15-22)19-26(31)28-17-6-11-25-29-23-9-4-5-10-24(23)30(25)18-16-20-7-2-1-3-8-20/h1-5,7-10,12-15H,6,11,16-19H2,(H,28,31). The third-order valence-electron chi connectivity index (χ3n) is 5.38. The predicted molar refractivity (Wildman–Crippen MR) is 126 cm³/mol. The Hall–Kier alpha value is -3.11. The number of carbonyl (C=O) groups is 1. The van der Waals surface area contributed by atoms with Gasteiger partial charge in [-0.1, -0.05) is 66.2 Å². The number of amides is 1. The SMILES string of the molecule is O=C(Cc1ccc(Cl)cc1)NCCCc1nc2ccccc2n1CCc1ccccc1. The van der Waals surface area contributed by atoms with Gasteiger partial charge in [0.25, 0.3) is 0 Å². The Balaban J connectivity index is 1.34. The minimum Gasteiger partial charge on any atom is -0.356 e. The van der Waals surface area contributed by atoms with E-state index in [1.165, 1.54) is 11.1 Å². The molecule has 0 aliphatic heterocycles. The fraction of sp³-hybridized carbons (Fsp3) is 0.231.